The van der Waals surface area contributed by atoms with Crippen LogP contribution in [0.25, 0.3) is 0 Å². The topological polar surface area (TPSA) is 29.5 Å². The van der Waals surface area contributed by atoms with E-state index in [1.807, 2.05) is 0 Å². The third-order valence-corrected chi connectivity index (χ3v) is 6.64. The van der Waals surface area contributed by atoms with Crippen molar-refractivity contribution < 1.29 is 9.84 Å². The molecule has 0 heterocycles. The molecule has 21 heavy (non-hydrogen) atoms. The van der Waals surface area contributed by atoms with E-state index in [1.54, 1.807) is 18.3 Å². The maximum absolute atomic E-state index is 9.90. The van der Waals surface area contributed by atoms with Gasteiger partial charge in [0.1, 0.15) is 0 Å². The summed E-state index contributed by atoms with van der Waals surface area (Å²) in [6.07, 6.45) is 10.7. The molecule has 3 rings (SSSR count). The van der Waals surface area contributed by atoms with E-state index in [0.29, 0.717) is 12.5 Å². The molecule has 0 aliphatic heterocycles. The minimum absolute atomic E-state index is 0.149. The first kappa shape index (κ1) is 15.1. The van der Waals surface area contributed by atoms with E-state index in [1.165, 1.54) is 32.1 Å². The standard InChI is InChI=1S/C19H30O2/c1-4-18-17-7-5-13-11-14(21-3)6-8-15(13)16(17)9-10-19(18,2)12-20/h6,16-18,20H,4-5,7-12H2,1-3H3/t16-,17-,18+,19-/m1/s1. The highest BCUT2D eigenvalue weighted by Crippen LogP contribution is 2.56. The molecule has 1 fully saturated rings. The summed E-state index contributed by atoms with van der Waals surface area (Å²) in [5.74, 6) is 3.41. The molecule has 0 amide bonds. The molecule has 2 heteroatoms. The number of allylic oxidation sites excluding steroid dienone is 3. The van der Waals surface area contributed by atoms with Gasteiger partial charge in [-0.05, 0) is 61.3 Å². The number of hydrogen-bond acceptors (Lipinski definition) is 2. The summed E-state index contributed by atoms with van der Waals surface area (Å²) in [7, 11) is 1.80. The van der Waals surface area contributed by atoms with Gasteiger partial charge in [-0.3, -0.25) is 0 Å². The van der Waals surface area contributed by atoms with Gasteiger partial charge in [-0.15, -0.1) is 0 Å². The summed E-state index contributed by atoms with van der Waals surface area (Å²) in [6, 6.07) is 0. The SMILES string of the molecule is CC[C@H]1[C@@H]2CCC3=C(CC=C(OC)C3)[C@H]2CC[C@]1(C)CO. The number of ether oxygens (including phenoxy) is 1. The Bertz CT molecular complexity index is 462. The van der Waals surface area contributed by atoms with Crippen LogP contribution in [0.2, 0.25) is 0 Å². The van der Waals surface area contributed by atoms with Crippen molar-refractivity contribution in [2.24, 2.45) is 23.2 Å². The largest absolute Gasteiger partial charge is 0.501 e. The second kappa shape index (κ2) is 5.79. The Kier molecular flexibility index (Phi) is 4.18. The van der Waals surface area contributed by atoms with Crippen molar-refractivity contribution in [1.82, 2.24) is 0 Å². The number of hydrogen-bond donors (Lipinski definition) is 1. The van der Waals surface area contributed by atoms with E-state index in [2.05, 4.69) is 19.9 Å². The van der Waals surface area contributed by atoms with Crippen LogP contribution in [0.4, 0.5) is 0 Å². The predicted octanol–water partition coefficient (Wildman–Crippen LogP) is 4.45. The molecular formula is C19H30O2. The fourth-order valence-electron chi connectivity index (χ4n) is 5.43. The molecule has 118 valence electrons. The zero-order chi connectivity index (χ0) is 15.0. The van der Waals surface area contributed by atoms with Gasteiger partial charge in [-0.25, -0.2) is 0 Å². The number of aliphatic hydroxyl groups is 1. The molecule has 0 unspecified atom stereocenters. The molecule has 0 spiro atoms. The molecule has 0 aromatic heterocycles. The Labute approximate surface area is 129 Å². The molecule has 0 aromatic carbocycles. The van der Waals surface area contributed by atoms with Crippen LogP contribution in [-0.2, 0) is 4.74 Å². The van der Waals surface area contributed by atoms with E-state index >= 15 is 0 Å². The average molecular weight is 290 g/mol. The minimum atomic E-state index is 0.149. The van der Waals surface area contributed by atoms with Crippen LogP contribution in [0, 0.1) is 23.2 Å². The first-order chi connectivity index (χ1) is 10.1. The van der Waals surface area contributed by atoms with Crippen molar-refractivity contribution in [1.29, 1.82) is 0 Å². The van der Waals surface area contributed by atoms with Crippen LogP contribution >= 0.6 is 0 Å². The van der Waals surface area contributed by atoms with Gasteiger partial charge in [-0.1, -0.05) is 31.4 Å². The van der Waals surface area contributed by atoms with Crippen molar-refractivity contribution in [3.63, 3.8) is 0 Å². The van der Waals surface area contributed by atoms with Crippen LogP contribution in [0.3, 0.4) is 0 Å². The van der Waals surface area contributed by atoms with Crippen molar-refractivity contribution >= 4 is 0 Å². The Morgan fingerprint density at radius 1 is 1.38 bits per heavy atom. The fraction of sp³-hybridized carbons (Fsp3) is 0.789. The Hall–Kier alpha value is -0.760. The smallest absolute Gasteiger partial charge is 0.0959 e. The van der Waals surface area contributed by atoms with E-state index in [0.717, 1.165) is 30.4 Å². The van der Waals surface area contributed by atoms with Gasteiger partial charge in [0.25, 0.3) is 0 Å². The molecule has 3 aliphatic rings. The summed E-state index contributed by atoms with van der Waals surface area (Å²) >= 11 is 0. The highest BCUT2D eigenvalue weighted by atomic mass is 16.5. The number of rotatable bonds is 3. The van der Waals surface area contributed by atoms with Crippen molar-refractivity contribution in [3.05, 3.63) is 23.0 Å². The maximum Gasteiger partial charge on any atom is 0.0959 e. The Morgan fingerprint density at radius 3 is 2.86 bits per heavy atom. The maximum atomic E-state index is 9.90. The Balaban J connectivity index is 1.84. The quantitative estimate of drug-likeness (QED) is 0.778. The molecule has 1 saturated carbocycles. The van der Waals surface area contributed by atoms with Gasteiger partial charge in [0.15, 0.2) is 0 Å². The minimum Gasteiger partial charge on any atom is -0.501 e. The van der Waals surface area contributed by atoms with Gasteiger partial charge in [0, 0.05) is 13.0 Å². The van der Waals surface area contributed by atoms with Crippen LogP contribution in [0.1, 0.15) is 58.8 Å². The van der Waals surface area contributed by atoms with Gasteiger partial charge in [-0.2, -0.15) is 0 Å². The molecule has 1 N–H and O–H groups in total. The summed E-state index contributed by atoms with van der Waals surface area (Å²) in [4.78, 5) is 0. The number of methoxy groups -OCH3 is 1. The first-order valence-corrected chi connectivity index (χ1v) is 8.67. The van der Waals surface area contributed by atoms with Crippen LogP contribution in [0.5, 0.6) is 0 Å². The number of aliphatic hydroxyl groups excluding tert-OH is 1. The molecule has 0 bridgehead atoms. The molecule has 0 radical (unpaired) electrons. The van der Waals surface area contributed by atoms with E-state index in [-0.39, 0.29) is 5.41 Å². The third-order valence-electron chi connectivity index (χ3n) is 6.64. The predicted molar refractivity (Wildman–Crippen MR) is 85.8 cm³/mol. The first-order valence-electron chi connectivity index (χ1n) is 8.67. The highest BCUT2D eigenvalue weighted by molar-refractivity contribution is 5.32. The summed E-state index contributed by atoms with van der Waals surface area (Å²) in [5, 5.41) is 9.90. The number of fused-ring (bicyclic) bond motifs is 2. The van der Waals surface area contributed by atoms with Gasteiger partial charge in [0.05, 0.1) is 12.9 Å². The van der Waals surface area contributed by atoms with E-state index in [9.17, 15) is 5.11 Å². The van der Waals surface area contributed by atoms with Gasteiger partial charge in [0.2, 0.25) is 0 Å². The molecule has 0 saturated heterocycles. The Morgan fingerprint density at radius 2 is 2.19 bits per heavy atom. The monoisotopic (exact) mass is 290 g/mol. The van der Waals surface area contributed by atoms with E-state index < -0.39 is 0 Å². The fourth-order valence-corrected chi connectivity index (χ4v) is 5.43. The lowest BCUT2D eigenvalue weighted by molar-refractivity contribution is -0.0256. The zero-order valence-corrected chi connectivity index (χ0v) is 13.8. The van der Waals surface area contributed by atoms with Crippen LogP contribution in [0.15, 0.2) is 23.0 Å². The van der Waals surface area contributed by atoms with Crippen molar-refractivity contribution in [2.45, 2.75) is 58.8 Å². The van der Waals surface area contributed by atoms with Crippen molar-refractivity contribution in [3.8, 4) is 0 Å². The van der Waals surface area contributed by atoms with Crippen molar-refractivity contribution in [2.75, 3.05) is 13.7 Å². The highest BCUT2D eigenvalue weighted by Gasteiger charge is 2.47. The third kappa shape index (κ3) is 2.46. The summed E-state index contributed by atoms with van der Waals surface area (Å²) < 4.78 is 5.46. The average Bonchev–Trinajstić information content (AvgIpc) is 2.53. The lowest BCUT2D eigenvalue weighted by Crippen LogP contribution is -2.45. The van der Waals surface area contributed by atoms with E-state index in [4.69, 9.17) is 4.74 Å². The van der Waals surface area contributed by atoms with Crippen LogP contribution in [-0.4, -0.2) is 18.8 Å². The second-order valence-corrected chi connectivity index (χ2v) is 7.56. The molecule has 3 aliphatic carbocycles. The summed E-state index contributed by atoms with van der Waals surface area (Å²) in [5.41, 5.74) is 3.54. The normalized spacial score (nSPS) is 39.4. The van der Waals surface area contributed by atoms with Gasteiger partial charge < -0.3 is 9.84 Å². The summed E-state index contributed by atoms with van der Waals surface area (Å²) in [6.45, 7) is 4.98. The molecule has 2 nitrogen and oxygen atoms in total. The molecular weight excluding hydrogens is 260 g/mol. The second-order valence-electron chi connectivity index (χ2n) is 7.56. The molecule has 0 aromatic rings. The van der Waals surface area contributed by atoms with Crippen LogP contribution < -0.4 is 0 Å². The lowest BCUT2D eigenvalue weighted by Gasteiger charge is -2.52. The lowest BCUT2D eigenvalue weighted by atomic mass is 9.53. The van der Waals surface area contributed by atoms with Gasteiger partial charge >= 0.3 is 0 Å². The zero-order valence-electron chi connectivity index (χ0n) is 13.8. The molecule has 4 atom stereocenters.